The van der Waals surface area contributed by atoms with Crippen LogP contribution in [0.15, 0.2) is 0 Å². The smallest absolute Gasteiger partial charge is 0.238 e. The van der Waals surface area contributed by atoms with Crippen LogP contribution in [0, 0.1) is 0 Å². The van der Waals surface area contributed by atoms with Crippen LogP contribution in [-0.2, 0) is 4.79 Å². The Balaban J connectivity index is 1.82. The summed E-state index contributed by atoms with van der Waals surface area (Å²) in [6.45, 7) is 8.26. The van der Waals surface area contributed by atoms with Crippen LogP contribution in [0.3, 0.4) is 0 Å². The molecule has 2 fully saturated rings. The Morgan fingerprint density at radius 3 is 2.11 bits per heavy atom. The average Bonchev–Trinajstić information content (AvgIpc) is 2.38. The maximum Gasteiger partial charge on any atom is 0.238 e. The SMILES string of the molecule is CC(C)(Br)C(=O)N1CCC(N2CCCCC2)CC1. The van der Waals surface area contributed by atoms with Gasteiger partial charge in [-0.3, -0.25) is 4.79 Å². The molecule has 0 spiro atoms. The van der Waals surface area contributed by atoms with E-state index >= 15 is 0 Å². The second-order valence-corrected chi connectivity index (χ2v) is 8.07. The average molecular weight is 317 g/mol. The van der Waals surface area contributed by atoms with Gasteiger partial charge in [-0.2, -0.15) is 0 Å². The van der Waals surface area contributed by atoms with Gasteiger partial charge in [0.25, 0.3) is 0 Å². The van der Waals surface area contributed by atoms with Crippen LogP contribution in [0.4, 0.5) is 0 Å². The lowest BCUT2D eigenvalue weighted by atomic mass is 9.99. The monoisotopic (exact) mass is 316 g/mol. The number of halogens is 1. The highest BCUT2D eigenvalue weighted by Gasteiger charge is 2.33. The lowest BCUT2D eigenvalue weighted by Crippen LogP contribution is -2.51. The molecule has 0 atom stereocenters. The molecule has 4 heteroatoms. The summed E-state index contributed by atoms with van der Waals surface area (Å²) in [5, 5.41) is 0. The molecular weight excluding hydrogens is 292 g/mol. The van der Waals surface area contributed by atoms with Gasteiger partial charge in [0.05, 0.1) is 4.32 Å². The summed E-state index contributed by atoms with van der Waals surface area (Å²) in [6.07, 6.45) is 6.40. The number of piperidine rings is 2. The molecule has 0 aromatic heterocycles. The Morgan fingerprint density at radius 2 is 1.61 bits per heavy atom. The summed E-state index contributed by atoms with van der Waals surface area (Å²) >= 11 is 3.47. The minimum absolute atomic E-state index is 0.236. The van der Waals surface area contributed by atoms with Gasteiger partial charge >= 0.3 is 0 Å². The van der Waals surface area contributed by atoms with E-state index in [0.29, 0.717) is 6.04 Å². The molecule has 2 aliphatic rings. The number of hydrogen-bond donors (Lipinski definition) is 0. The van der Waals surface area contributed by atoms with Crippen molar-refractivity contribution in [3.8, 4) is 0 Å². The molecule has 1 amide bonds. The molecule has 2 heterocycles. The van der Waals surface area contributed by atoms with E-state index in [1.807, 2.05) is 18.7 Å². The van der Waals surface area contributed by atoms with Gasteiger partial charge in [0.1, 0.15) is 0 Å². The minimum Gasteiger partial charge on any atom is -0.341 e. The number of likely N-dealkylation sites (tertiary alicyclic amines) is 2. The largest absolute Gasteiger partial charge is 0.341 e. The first-order valence-corrected chi connectivity index (χ1v) is 8.00. The van der Waals surface area contributed by atoms with Crippen molar-refractivity contribution in [1.29, 1.82) is 0 Å². The zero-order valence-electron chi connectivity index (χ0n) is 11.6. The van der Waals surface area contributed by atoms with E-state index in [9.17, 15) is 4.79 Å². The Morgan fingerprint density at radius 1 is 1.06 bits per heavy atom. The molecule has 0 aromatic rings. The second kappa shape index (κ2) is 5.91. The third-order valence-electron chi connectivity index (χ3n) is 4.17. The quantitative estimate of drug-likeness (QED) is 0.731. The maximum atomic E-state index is 12.2. The van der Waals surface area contributed by atoms with Gasteiger partial charge in [-0.05, 0) is 52.6 Å². The Kier molecular flexibility index (Phi) is 4.70. The van der Waals surface area contributed by atoms with Crippen LogP contribution in [0.5, 0.6) is 0 Å². The lowest BCUT2D eigenvalue weighted by Gasteiger charge is -2.41. The highest BCUT2D eigenvalue weighted by atomic mass is 79.9. The Bertz CT molecular complexity index is 287. The van der Waals surface area contributed by atoms with Gasteiger partial charge < -0.3 is 9.80 Å². The predicted octanol–water partition coefficient (Wildman–Crippen LogP) is 2.64. The highest BCUT2D eigenvalue weighted by molar-refractivity contribution is 9.10. The minimum atomic E-state index is -0.412. The first-order valence-electron chi connectivity index (χ1n) is 7.21. The standard InChI is InChI=1S/C14H25BrN2O/c1-14(2,15)13(18)17-10-6-12(7-11-17)16-8-4-3-5-9-16/h12H,3-11H2,1-2H3. The number of nitrogens with zero attached hydrogens (tertiary/aromatic N) is 2. The third kappa shape index (κ3) is 3.47. The number of carbonyl (C=O) groups excluding carboxylic acids is 1. The van der Waals surface area contributed by atoms with Crippen molar-refractivity contribution < 1.29 is 4.79 Å². The fraction of sp³-hybridized carbons (Fsp3) is 0.929. The molecule has 0 aliphatic carbocycles. The summed E-state index contributed by atoms with van der Waals surface area (Å²) in [4.78, 5) is 16.8. The van der Waals surface area contributed by atoms with Gasteiger partial charge in [-0.15, -0.1) is 0 Å². The Hall–Kier alpha value is -0.0900. The molecule has 0 radical (unpaired) electrons. The van der Waals surface area contributed by atoms with Gasteiger partial charge in [-0.1, -0.05) is 22.4 Å². The van der Waals surface area contributed by atoms with Gasteiger partial charge in [0.2, 0.25) is 5.91 Å². The fourth-order valence-electron chi connectivity index (χ4n) is 3.09. The number of hydrogen-bond acceptors (Lipinski definition) is 2. The van der Waals surface area contributed by atoms with Crippen molar-refractivity contribution >= 4 is 21.8 Å². The normalized spacial score (nSPS) is 24.3. The summed E-state index contributed by atoms with van der Waals surface area (Å²) < 4.78 is -0.412. The first kappa shape index (κ1) is 14.3. The summed E-state index contributed by atoms with van der Waals surface area (Å²) in [5.74, 6) is 0.236. The van der Waals surface area contributed by atoms with E-state index in [2.05, 4.69) is 20.8 Å². The van der Waals surface area contributed by atoms with Crippen molar-refractivity contribution in [2.45, 2.75) is 56.3 Å². The van der Waals surface area contributed by atoms with Gasteiger partial charge in [-0.25, -0.2) is 0 Å². The van der Waals surface area contributed by atoms with Gasteiger partial charge in [0, 0.05) is 19.1 Å². The Labute approximate surface area is 119 Å². The molecule has 3 nitrogen and oxygen atoms in total. The van der Waals surface area contributed by atoms with E-state index in [1.165, 1.54) is 32.4 Å². The molecule has 0 N–H and O–H groups in total. The highest BCUT2D eigenvalue weighted by Crippen LogP contribution is 2.25. The molecular formula is C14H25BrN2O. The topological polar surface area (TPSA) is 23.6 Å². The fourth-order valence-corrected chi connectivity index (χ4v) is 3.34. The molecule has 2 rings (SSSR count). The van der Waals surface area contributed by atoms with Gasteiger partial charge in [0.15, 0.2) is 0 Å². The number of rotatable bonds is 2. The van der Waals surface area contributed by atoms with Crippen molar-refractivity contribution in [3.63, 3.8) is 0 Å². The van der Waals surface area contributed by atoms with E-state index < -0.39 is 4.32 Å². The molecule has 2 aliphatic heterocycles. The molecule has 0 bridgehead atoms. The van der Waals surface area contributed by atoms with Crippen molar-refractivity contribution in [3.05, 3.63) is 0 Å². The molecule has 0 saturated carbocycles. The van der Waals surface area contributed by atoms with Crippen LogP contribution in [-0.4, -0.2) is 52.3 Å². The number of amides is 1. The van der Waals surface area contributed by atoms with Crippen LogP contribution in [0.25, 0.3) is 0 Å². The van der Waals surface area contributed by atoms with Crippen LogP contribution >= 0.6 is 15.9 Å². The third-order valence-corrected chi connectivity index (χ3v) is 4.51. The second-order valence-electron chi connectivity index (χ2n) is 6.09. The first-order chi connectivity index (χ1) is 8.48. The van der Waals surface area contributed by atoms with Crippen LogP contribution in [0.2, 0.25) is 0 Å². The van der Waals surface area contributed by atoms with Crippen molar-refractivity contribution in [2.75, 3.05) is 26.2 Å². The maximum absolute atomic E-state index is 12.2. The lowest BCUT2D eigenvalue weighted by molar-refractivity contribution is -0.134. The van der Waals surface area contributed by atoms with E-state index in [-0.39, 0.29) is 5.91 Å². The van der Waals surface area contributed by atoms with E-state index in [0.717, 1.165) is 25.9 Å². The predicted molar refractivity (Wildman–Crippen MR) is 78.0 cm³/mol. The summed E-state index contributed by atoms with van der Waals surface area (Å²) in [6, 6.07) is 0.716. The zero-order chi connectivity index (χ0) is 13.2. The molecule has 0 aromatic carbocycles. The molecule has 18 heavy (non-hydrogen) atoms. The molecule has 2 saturated heterocycles. The van der Waals surface area contributed by atoms with E-state index in [4.69, 9.17) is 0 Å². The van der Waals surface area contributed by atoms with E-state index in [1.54, 1.807) is 0 Å². The number of carbonyl (C=O) groups is 1. The van der Waals surface area contributed by atoms with Crippen LogP contribution in [0.1, 0.15) is 46.0 Å². The van der Waals surface area contributed by atoms with Crippen molar-refractivity contribution in [1.82, 2.24) is 9.80 Å². The summed E-state index contributed by atoms with van der Waals surface area (Å²) in [7, 11) is 0. The summed E-state index contributed by atoms with van der Waals surface area (Å²) in [5.41, 5.74) is 0. The van der Waals surface area contributed by atoms with Crippen LogP contribution < -0.4 is 0 Å². The van der Waals surface area contributed by atoms with Crippen molar-refractivity contribution in [2.24, 2.45) is 0 Å². The zero-order valence-corrected chi connectivity index (χ0v) is 13.2. The molecule has 0 unspecified atom stereocenters. The number of alkyl halides is 1. The molecule has 104 valence electrons.